The highest BCUT2D eigenvalue weighted by Crippen LogP contribution is 2.39. The SMILES string of the molecule is CN(C)CCOc1cc(N2CCc3c(-c4cnc(N)nc4)nc(N4CCOCC4)nc32)ccn1. The van der Waals surface area contributed by atoms with E-state index in [1.807, 2.05) is 26.2 Å². The summed E-state index contributed by atoms with van der Waals surface area (Å²) in [5.74, 6) is 2.40. The van der Waals surface area contributed by atoms with Crippen molar-refractivity contribution < 1.29 is 9.47 Å². The molecule has 0 aliphatic carbocycles. The number of likely N-dealkylation sites (N-methyl/N-ethyl adjacent to an activating group) is 1. The Morgan fingerprint density at radius 2 is 1.88 bits per heavy atom. The summed E-state index contributed by atoms with van der Waals surface area (Å²) in [5.41, 5.74) is 9.44. The van der Waals surface area contributed by atoms with Crippen molar-refractivity contribution in [1.29, 1.82) is 0 Å². The molecular formula is C23H29N9O2. The van der Waals surface area contributed by atoms with Crippen molar-refractivity contribution in [3.8, 4) is 17.1 Å². The molecule has 5 heterocycles. The molecule has 0 saturated carbocycles. The van der Waals surface area contributed by atoms with Crippen LogP contribution in [0.15, 0.2) is 30.7 Å². The van der Waals surface area contributed by atoms with Crippen LogP contribution in [0.1, 0.15) is 5.56 Å². The fourth-order valence-electron chi connectivity index (χ4n) is 4.08. The molecule has 0 radical (unpaired) electrons. The molecule has 11 heteroatoms. The van der Waals surface area contributed by atoms with Crippen molar-refractivity contribution in [3.63, 3.8) is 0 Å². The number of pyridine rings is 1. The van der Waals surface area contributed by atoms with Crippen LogP contribution < -0.4 is 20.3 Å². The first-order chi connectivity index (χ1) is 16.6. The van der Waals surface area contributed by atoms with Gasteiger partial charge in [-0.1, -0.05) is 0 Å². The molecule has 0 unspecified atom stereocenters. The van der Waals surface area contributed by atoms with Crippen LogP contribution in [0.5, 0.6) is 5.88 Å². The van der Waals surface area contributed by atoms with Gasteiger partial charge in [0.25, 0.3) is 0 Å². The lowest BCUT2D eigenvalue weighted by atomic mass is 10.1. The van der Waals surface area contributed by atoms with Gasteiger partial charge < -0.3 is 29.9 Å². The standard InChI is InChI=1S/C23H29N9O2/c1-30(2)7-12-34-19-13-17(3-5-25-19)32-6-4-18-20(16-14-26-22(24)27-15-16)28-23(29-21(18)32)31-8-10-33-11-9-31/h3,5,13-15H,4,6-12H2,1-2H3,(H2,24,26,27). The van der Waals surface area contributed by atoms with E-state index in [-0.39, 0.29) is 5.95 Å². The minimum absolute atomic E-state index is 0.239. The summed E-state index contributed by atoms with van der Waals surface area (Å²) in [7, 11) is 4.04. The summed E-state index contributed by atoms with van der Waals surface area (Å²) in [6.45, 7) is 4.98. The Morgan fingerprint density at radius 1 is 1.09 bits per heavy atom. The van der Waals surface area contributed by atoms with Gasteiger partial charge in [0.2, 0.25) is 17.8 Å². The highest BCUT2D eigenvalue weighted by molar-refractivity contribution is 5.76. The average molecular weight is 464 g/mol. The van der Waals surface area contributed by atoms with Gasteiger partial charge in [-0.15, -0.1) is 0 Å². The molecule has 2 aliphatic heterocycles. The molecule has 2 aliphatic rings. The summed E-state index contributed by atoms with van der Waals surface area (Å²) < 4.78 is 11.4. The summed E-state index contributed by atoms with van der Waals surface area (Å²) >= 11 is 0. The number of anilines is 4. The molecule has 3 aromatic heterocycles. The van der Waals surface area contributed by atoms with Crippen LogP contribution in [0.4, 0.5) is 23.4 Å². The smallest absolute Gasteiger partial charge is 0.228 e. The summed E-state index contributed by atoms with van der Waals surface area (Å²) in [5, 5.41) is 0. The highest BCUT2D eigenvalue weighted by Gasteiger charge is 2.29. The third-order valence-electron chi connectivity index (χ3n) is 5.87. The first kappa shape index (κ1) is 22.2. The monoisotopic (exact) mass is 463 g/mol. The molecule has 11 nitrogen and oxygen atoms in total. The van der Waals surface area contributed by atoms with E-state index in [1.54, 1.807) is 18.6 Å². The van der Waals surface area contributed by atoms with Gasteiger partial charge in [-0.25, -0.2) is 19.9 Å². The number of hydrogen-bond acceptors (Lipinski definition) is 11. The van der Waals surface area contributed by atoms with Crippen LogP contribution in [-0.4, -0.2) is 89.9 Å². The van der Waals surface area contributed by atoms with Crippen LogP contribution in [-0.2, 0) is 11.2 Å². The normalized spacial score (nSPS) is 15.6. The number of nitrogen functional groups attached to an aromatic ring is 1. The Kier molecular flexibility index (Phi) is 6.37. The zero-order chi connectivity index (χ0) is 23.5. The average Bonchev–Trinajstić information content (AvgIpc) is 3.29. The largest absolute Gasteiger partial charge is 0.476 e. The van der Waals surface area contributed by atoms with E-state index in [2.05, 4.69) is 29.7 Å². The Balaban J connectivity index is 1.51. The fourth-order valence-corrected chi connectivity index (χ4v) is 4.08. The summed E-state index contributed by atoms with van der Waals surface area (Å²) in [4.78, 5) is 29.1. The van der Waals surface area contributed by atoms with E-state index >= 15 is 0 Å². The van der Waals surface area contributed by atoms with E-state index in [0.29, 0.717) is 31.6 Å². The van der Waals surface area contributed by atoms with Crippen molar-refractivity contribution in [1.82, 2.24) is 29.8 Å². The lowest BCUT2D eigenvalue weighted by molar-refractivity contribution is 0.122. The third-order valence-corrected chi connectivity index (χ3v) is 5.87. The zero-order valence-electron chi connectivity index (χ0n) is 19.5. The molecule has 34 heavy (non-hydrogen) atoms. The molecule has 0 spiro atoms. The molecule has 2 N–H and O–H groups in total. The van der Waals surface area contributed by atoms with E-state index in [4.69, 9.17) is 25.2 Å². The highest BCUT2D eigenvalue weighted by atomic mass is 16.5. The molecule has 178 valence electrons. The second-order valence-corrected chi connectivity index (χ2v) is 8.51. The molecule has 5 rings (SSSR count). The van der Waals surface area contributed by atoms with E-state index < -0.39 is 0 Å². The van der Waals surface area contributed by atoms with E-state index in [0.717, 1.165) is 60.9 Å². The Labute approximate surface area is 198 Å². The maximum absolute atomic E-state index is 5.87. The quantitative estimate of drug-likeness (QED) is 0.547. The Hall–Kier alpha value is -3.57. The van der Waals surface area contributed by atoms with Gasteiger partial charge in [-0.3, -0.25) is 0 Å². The predicted octanol–water partition coefficient (Wildman–Crippen LogP) is 1.38. The second kappa shape index (κ2) is 9.74. The zero-order valence-corrected chi connectivity index (χ0v) is 19.5. The number of hydrogen-bond donors (Lipinski definition) is 1. The summed E-state index contributed by atoms with van der Waals surface area (Å²) in [6.07, 6.45) is 6.02. The Bertz CT molecular complexity index is 1130. The first-order valence-electron chi connectivity index (χ1n) is 11.4. The van der Waals surface area contributed by atoms with Gasteiger partial charge in [0.1, 0.15) is 12.4 Å². The number of ether oxygens (including phenoxy) is 2. The third kappa shape index (κ3) is 4.70. The molecule has 0 aromatic carbocycles. The number of rotatable bonds is 7. The van der Waals surface area contributed by atoms with Crippen LogP contribution in [0.25, 0.3) is 11.3 Å². The van der Waals surface area contributed by atoms with Crippen molar-refractivity contribution in [2.45, 2.75) is 6.42 Å². The fraction of sp³-hybridized carbons (Fsp3) is 0.435. The van der Waals surface area contributed by atoms with Crippen molar-refractivity contribution in [2.24, 2.45) is 0 Å². The molecule has 0 bridgehead atoms. The van der Waals surface area contributed by atoms with E-state index in [1.165, 1.54) is 0 Å². The predicted molar refractivity (Wildman–Crippen MR) is 129 cm³/mol. The topological polar surface area (TPSA) is 119 Å². The molecule has 0 atom stereocenters. The maximum atomic E-state index is 5.87. The van der Waals surface area contributed by atoms with Gasteiger partial charge in [0, 0.05) is 67.7 Å². The van der Waals surface area contributed by atoms with Gasteiger partial charge in [-0.05, 0) is 26.6 Å². The van der Waals surface area contributed by atoms with Crippen LogP contribution in [0.2, 0.25) is 0 Å². The van der Waals surface area contributed by atoms with Gasteiger partial charge in [0.15, 0.2) is 0 Å². The number of morpholine rings is 1. The van der Waals surface area contributed by atoms with E-state index in [9.17, 15) is 0 Å². The van der Waals surface area contributed by atoms with Crippen molar-refractivity contribution in [2.75, 3.05) is 75.6 Å². The molecule has 0 amide bonds. The lowest BCUT2D eigenvalue weighted by Crippen LogP contribution is -2.37. The number of aromatic nitrogens is 5. The van der Waals surface area contributed by atoms with Gasteiger partial charge >= 0.3 is 0 Å². The Morgan fingerprint density at radius 3 is 2.65 bits per heavy atom. The van der Waals surface area contributed by atoms with Gasteiger partial charge in [0.05, 0.1) is 18.9 Å². The molecule has 3 aromatic rings. The molecule has 1 saturated heterocycles. The maximum Gasteiger partial charge on any atom is 0.228 e. The number of nitrogens with zero attached hydrogens (tertiary/aromatic N) is 8. The summed E-state index contributed by atoms with van der Waals surface area (Å²) in [6, 6.07) is 3.95. The molecule has 1 fully saturated rings. The minimum atomic E-state index is 0.239. The second-order valence-electron chi connectivity index (χ2n) is 8.51. The molecular weight excluding hydrogens is 434 g/mol. The van der Waals surface area contributed by atoms with Crippen LogP contribution in [0, 0.1) is 0 Å². The van der Waals surface area contributed by atoms with Gasteiger partial charge in [-0.2, -0.15) is 4.98 Å². The van der Waals surface area contributed by atoms with Crippen molar-refractivity contribution >= 4 is 23.4 Å². The number of nitrogens with two attached hydrogens (primary N) is 1. The minimum Gasteiger partial charge on any atom is -0.476 e. The van der Waals surface area contributed by atoms with Crippen LogP contribution >= 0.6 is 0 Å². The number of fused-ring (bicyclic) bond motifs is 1. The van der Waals surface area contributed by atoms with Crippen LogP contribution in [0.3, 0.4) is 0 Å². The first-order valence-corrected chi connectivity index (χ1v) is 11.4. The van der Waals surface area contributed by atoms with Crippen molar-refractivity contribution in [3.05, 3.63) is 36.3 Å². The lowest BCUT2D eigenvalue weighted by Gasteiger charge is -2.28.